The van der Waals surface area contributed by atoms with Crippen molar-refractivity contribution in [2.24, 2.45) is 0 Å². The molecule has 30 heavy (non-hydrogen) atoms. The number of carbonyl (C=O) groups is 2. The second-order valence-electron chi connectivity index (χ2n) is 7.28. The van der Waals surface area contributed by atoms with Gasteiger partial charge in [0.25, 0.3) is 0 Å². The number of benzene rings is 2. The summed E-state index contributed by atoms with van der Waals surface area (Å²) in [5.74, 6) is 1.22. The topological polar surface area (TPSA) is 68.1 Å². The first kappa shape index (κ1) is 20.3. The zero-order valence-electron chi connectivity index (χ0n) is 17.2. The van der Waals surface area contributed by atoms with Crippen LogP contribution < -0.4 is 4.90 Å². The Morgan fingerprint density at radius 2 is 1.97 bits per heavy atom. The number of carbonyl (C=O) groups excluding carboxylic acids is 2. The lowest BCUT2D eigenvalue weighted by atomic mass is 10.1. The summed E-state index contributed by atoms with van der Waals surface area (Å²) < 4.78 is 2.04. The third-order valence-electron chi connectivity index (χ3n) is 5.30. The molecule has 0 atom stereocenters. The fraction of sp³-hybridized carbons (Fsp3) is 0.304. The van der Waals surface area contributed by atoms with Crippen LogP contribution in [0.5, 0.6) is 0 Å². The Morgan fingerprint density at radius 1 is 1.13 bits per heavy atom. The van der Waals surface area contributed by atoms with Crippen molar-refractivity contribution in [3.05, 3.63) is 59.7 Å². The minimum Gasteiger partial charge on any atom is -0.312 e. The molecule has 2 aromatic carbocycles. The Kier molecular flexibility index (Phi) is 5.99. The van der Waals surface area contributed by atoms with Gasteiger partial charge in [-0.25, -0.2) is 0 Å². The molecule has 0 radical (unpaired) electrons. The van der Waals surface area contributed by atoms with Gasteiger partial charge in [0.15, 0.2) is 16.8 Å². The Bertz CT molecular complexity index is 1090. The molecule has 6 nitrogen and oxygen atoms in total. The molecule has 1 saturated heterocycles. The molecule has 1 fully saturated rings. The molecule has 1 aliphatic rings. The highest BCUT2D eigenvalue weighted by atomic mass is 32.2. The fourth-order valence-electron chi connectivity index (χ4n) is 3.69. The van der Waals surface area contributed by atoms with Crippen molar-refractivity contribution in [2.45, 2.75) is 38.4 Å². The second-order valence-corrected chi connectivity index (χ2v) is 8.22. The Labute approximate surface area is 180 Å². The largest absolute Gasteiger partial charge is 0.312 e. The monoisotopic (exact) mass is 420 g/mol. The van der Waals surface area contributed by atoms with Gasteiger partial charge in [0.1, 0.15) is 0 Å². The number of rotatable bonds is 7. The summed E-state index contributed by atoms with van der Waals surface area (Å²) in [4.78, 5) is 26.6. The van der Waals surface area contributed by atoms with E-state index in [9.17, 15) is 9.59 Å². The third kappa shape index (κ3) is 4.03. The Balaban J connectivity index is 1.50. The van der Waals surface area contributed by atoms with Crippen LogP contribution in [-0.2, 0) is 11.3 Å². The first-order valence-corrected chi connectivity index (χ1v) is 11.1. The quantitative estimate of drug-likeness (QED) is 0.419. The van der Waals surface area contributed by atoms with Gasteiger partial charge in [-0.3, -0.25) is 9.59 Å². The molecule has 0 spiro atoms. The molecule has 0 saturated carbocycles. The molecular weight excluding hydrogens is 396 g/mol. The number of Topliss-reactive ketones (excluding diaryl/α,β-unsaturated/α-hetero) is 1. The lowest BCUT2D eigenvalue weighted by molar-refractivity contribution is -0.117. The molecular formula is C23H24N4O2S. The van der Waals surface area contributed by atoms with Crippen molar-refractivity contribution >= 4 is 29.1 Å². The predicted octanol–water partition coefficient (Wildman–Crippen LogP) is 4.38. The molecule has 0 N–H and O–H groups in total. The van der Waals surface area contributed by atoms with E-state index in [4.69, 9.17) is 0 Å². The number of ketones is 1. The lowest BCUT2D eigenvalue weighted by Crippen LogP contribution is -2.23. The highest BCUT2D eigenvalue weighted by Gasteiger charge is 2.22. The number of aryl methyl sites for hydroxylation is 1. The van der Waals surface area contributed by atoms with Crippen LogP contribution >= 0.6 is 11.8 Å². The number of thioether (sulfide) groups is 1. The van der Waals surface area contributed by atoms with Crippen LogP contribution in [0.3, 0.4) is 0 Å². The minimum atomic E-state index is 0.0107. The average molecular weight is 421 g/mol. The molecule has 1 aromatic heterocycles. The molecule has 154 valence electrons. The smallest absolute Gasteiger partial charge is 0.227 e. The van der Waals surface area contributed by atoms with Gasteiger partial charge in [-0.2, -0.15) is 0 Å². The van der Waals surface area contributed by atoms with Gasteiger partial charge in [0, 0.05) is 36.3 Å². The summed E-state index contributed by atoms with van der Waals surface area (Å²) in [7, 11) is 0. The molecule has 0 aliphatic carbocycles. The number of aromatic nitrogens is 3. The van der Waals surface area contributed by atoms with E-state index in [0.29, 0.717) is 18.5 Å². The molecule has 4 rings (SSSR count). The van der Waals surface area contributed by atoms with Crippen molar-refractivity contribution < 1.29 is 9.59 Å². The van der Waals surface area contributed by atoms with E-state index in [1.165, 1.54) is 11.8 Å². The van der Waals surface area contributed by atoms with E-state index in [1.807, 2.05) is 47.9 Å². The molecule has 1 aliphatic heterocycles. The maximum Gasteiger partial charge on any atom is 0.227 e. The average Bonchev–Trinajstić information content (AvgIpc) is 3.38. The third-order valence-corrected chi connectivity index (χ3v) is 6.27. The van der Waals surface area contributed by atoms with Gasteiger partial charge >= 0.3 is 0 Å². The van der Waals surface area contributed by atoms with E-state index in [0.717, 1.165) is 40.8 Å². The van der Waals surface area contributed by atoms with Crippen molar-refractivity contribution in [3.8, 4) is 11.4 Å². The SMILES string of the molecule is CCn1c(SCC(=O)c2cccc(N3CCCC3=O)c2)nnc1-c1ccccc1C. The number of amides is 1. The van der Waals surface area contributed by atoms with Gasteiger partial charge in [-0.15, -0.1) is 10.2 Å². The normalized spacial score (nSPS) is 13.8. The number of hydrogen-bond acceptors (Lipinski definition) is 5. The standard InChI is InChI=1S/C23H24N4O2S/c1-3-26-22(19-11-5-4-8-16(19)2)24-25-23(26)30-15-20(28)17-9-6-10-18(14-17)27-13-7-12-21(27)29/h4-6,8-11,14H,3,7,12-13,15H2,1-2H3. The van der Waals surface area contributed by atoms with Crippen molar-refractivity contribution in [1.82, 2.24) is 14.8 Å². The van der Waals surface area contributed by atoms with Crippen LogP contribution in [-0.4, -0.2) is 38.8 Å². The molecule has 0 unspecified atom stereocenters. The van der Waals surface area contributed by atoms with Crippen molar-refractivity contribution in [3.63, 3.8) is 0 Å². The Morgan fingerprint density at radius 3 is 2.70 bits per heavy atom. The number of nitrogens with zero attached hydrogens (tertiary/aromatic N) is 4. The molecule has 3 aromatic rings. The summed E-state index contributed by atoms with van der Waals surface area (Å²) in [6.07, 6.45) is 1.44. The molecule has 1 amide bonds. The first-order valence-electron chi connectivity index (χ1n) is 10.1. The minimum absolute atomic E-state index is 0.0107. The highest BCUT2D eigenvalue weighted by molar-refractivity contribution is 7.99. The zero-order valence-corrected chi connectivity index (χ0v) is 18.0. The summed E-state index contributed by atoms with van der Waals surface area (Å²) in [6.45, 7) is 5.54. The van der Waals surface area contributed by atoms with E-state index < -0.39 is 0 Å². The van der Waals surface area contributed by atoms with E-state index in [-0.39, 0.29) is 17.4 Å². The Hall–Kier alpha value is -2.93. The van der Waals surface area contributed by atoms with Gasteiger partial charge in [0.2, 0.25) is 5.91 Å². The van der Waals surface area contributed by atoms with Crippen molar-refractivity contribution in [2.75, 3.05) is 17.2 Å². The first-order chi connectivity index (χ1) is 14.6. The van der Waals surface area contributed by atoms with Gasteiger partial charge in [-0.1, -0.05) is 48.2 Å². The maximum absolute atomic E-state index is 12.8. The predicted molar refractivity (Wildman–Crippen MR) is 119 cm³/mol. The summed E-state index contributed by atoms with van der Waals surface area (Å²) in [6, 6.07) is 15.4. The molecule has 2 heterocycles. The summed E-state index contributed by atoms with van der Waals surface area (Å²) in [5, 5.41) is 9.44. The van der Waals surface area contributed by atoms with Gasteiger partial charge in [0.05, 0.1) is 5.75 Å². The maximum atomic E-state index is 12.8. The zero-order chi connectivity index (χ0) is 21.1. The van der Waals surface area contributed by atoms with Crippen LogP contribution in [0.2, 0.25) is 0 Å². The molecule has 0 bridgehead atoms. The van der Waals surface area contributed by atoms with E-state index in [1.54, 1.807) is 11.0 Å². The van der Waals surface area contributed by atoms with E-state index in [2.05, 4.69) is 23.2 Å². The van der Waals surface area contributed by atoms with Gasteiger partial charge in [-0.05, 0) is 38.0 Å². The lowest BCUT2D eigenvalue weighted by Gasteiger charge is -2.16. The van der Waals surface area contributed by atoms with Crippen LogP contribution in [0.4, 0.5) is 5.69 Å². The summed E-state index contributed by atoms with van der Waals surface area (Å²) in [5.41, 5.74) is 3.60. The van der Waals surface area contributed by atoms with Crippen LogP contribution in [0.1, 0.15) is 35.7 Å². The number of hydrogen-bond donors (Lipinski definition) is 0. The van der Waals surface area contributed by atoms with Crippen LogP contribution in [0.25, 0.3) is 11.4 Å². The molecule has 7 heteroatoms. The van der Waals surface area contributed by atoms with Crippen LogP contribution in [0.15, 0.2) is 53.7 Å². The van der Waals surface area contributed by atoms with Gasteiger partial charge < -0.3 is 9.47 Å². The van der Waals surface area contributed by atoms with Crippen LogP contribution in [0, 0.1) is 6.92 Å². The second kappa shape index (κ2) is 8.83. The van der Waals surface area contributed by atoms with E-state index >= 15 is 0 Å². The fourth-order valence-corrected chi connectivity index (χ4v) is 4.58. The number of anilines is 1. The highest BCUT2D eigenvalue weighted by Crippen LogP contribution is 2.27. The summed E-state index contributed by atoms with van der Waals surface area (Å²) >= 11 is 1.39. The van der Waals surface area contributed by atoms with Crippen molar-refractivity contribution in [1.29, 1.82) is 0 Å².